The van der Waals surface area contributed by atoms with E-state index in [1.807, 2.05) is 18.3 Å². The fraction of sp³-hybridized carbons (Fsp3) is 0.400. The van der Waals surface area contributed by atoms with E-state index in [1.54, 1.807) is 6.20 Å². The van der Waals surface area contributed by atoms with E-state index in [2.05, 4.69) is 37.8 Å². The van der Waals surface area contributed by atoms with Crippen molar-refractivity contribution in [1.29, 1.82) is 0 Å². The molecule has 5 heteroatoms. The fourth-order valence-electron chi connectivity index (χ4n) is 2.78. The molecule has 4 nitrogen and oxygen atoms in total. The van der Waals surface area contributed by atoms with Crippen LogP contribution in [0.3, 0.4) is 0 Å². The number of nitrogens with zero attached hydrogens (tertiary/aromatic N) is 3. The van der Waals surface area contributed by atoms with Crippen molar-refractivity contribution in [3.63, 3.8) is 0 Å². The summed E-state index contributed by atoms with van der Waals surface area (Å²) in [5.74, 6) is 0.385. The van der Waals surface area contributed by atoms with Crippen molar-refractivity contribution >= 4 is 38.4 Å². The summed E-state index contributed by atoms with van der Waals surface area (Å²) in [5.41, 5.74) is 2.88. The van der Waals surface area contributed by atoms with Crippen LogP contribution in [0.15, 0.2) is 29.0 Å². The van der Waals surface area contributed by atoms with Gasteiger partial charge >= 0.3 is 0 Å². The van der Waals surface area contributed by atoms with Crippen LogP contribution in [-0.2, 0) is 4.79 Å². The third-order valence-corrected chi connectivity index (χ3v) is 4.40. The van der Waals surface area contributed by atoms with Crippen LogP contribution < -0.4 is 4.90 Å². The Hall–Kier alpha value is -1.49. The minimum Gasteiger partial charge on any atom is -0.370 e. The van der Waals surface area contributed by atoms with E-state index in [-0.39, 0.29) is 0 Å². The van der Waals surface area contributed by atoms with Crippen molar-refractivity contribution in [3.8, 4) is 0 Å². The maximum Gasteiger partial charge on any atom is 0.133 e. The highest BCUT2D eigenvalue weighted by Gasteiger charge is 2.23. The van der Waals surface area contributed by atoms with E-state index in [0.29, 0.717) is 24.7 Å². The number of hydrogen-bond acceptors (Lipinski definition) is 4. The summed E-state index contributed by atoms with van der Waals surface area (Å²) in [5, 5.41) is 0. The maximum absolute atomic E-state index is 11.4. The Labute approximate surface area is 126 Å². The smallest absolute Gasteiger partial charge is 0.133 e. The summed E-state index contributed by atoms with van der Waals surface area (Å²) < 4.78 is 0.931. The zero-order valence-corrected chi connectivity index (χ0v) is 12.9. The van der Waals surface area contributed by atoms with Crippen LogP contribution in [-0.4, -0.2) is 28.8 Å². The molecule has 0 spiro atoms. The molecule has 0 saturated heterocycles. The summed E-state index contributed by atoms with van der Waals surface area (Å²) in [6.45, 7) is 0. The molecule has 1 saturated carbocycles. The van der Waals surface area contributed by atoms with Gasteiger partial charge in [0.2, 0.25) is 0 Å². The summed E-state index contributed by atoms with van der Waals surface area (Å²) in [4.78, 5) is 22.5. The highest BCUT2D eigenvalue weighted by molar-refractivity contribution is 9.10. The molecule has 104 valence electrons. The van der Waals surface area contributed by atoms with Crippen molar-refractivity contribution in [1.82, 2.24) is 9.97 Å². The molecule has 2 aromatic heterocycles. The molecule has 0 amide bonds. The van der Waals surface area contributed by atoms with E-state index >= 15 is 0 Å². The quantitative estimate of drug-likeness (QED) is 0.845. The number of aromatic nitrogens is 2. The van der Waals surface area contributed by atoms with E-state index < -0.39 is 0 Å². The predicted molar refractivity (Wildman–Crippen MR) is 82.9 cm³/mol. The molecule has 0 bridgehead atoms. The van der Waals surface area contributed by atoms with Gasteiger partial charge in [0.25, 0.3) is 0 Å². The van der Waals surface area contributed by atoms with Crippen LogP contribution >= 0.6 is 15.9 Å². The highest BCUT2D eigenvalue weighted by atomic mass is 79.9. The predicted octanol–water partition coefficient (Wildman–Crippen LogP) is 3.34. The summed E-state index contributed by atoms with van der Waals surface area (Å²) in [6, 6.07) is 4.38. The second-order valence-electron chi connectivity index (χ2n) is 5.23. The van der Waals surface area contributed by atoms with Crippen LogP contribution in [0.2, 0.25) is 0 Å². The van der Waals surface area contributed by atoms with Crippen molar-refractivity contribution in [2.24, 2.45) is 0 Å². The third-order valence-electron chi connectivity index (χ3n) is 3.96. The Morgan fingerprint density at radius 3 is 2.80 bits per heavy atom. The Morgan fingerprint density at radius 2 is 2.05 bits per heavy atom. The van der Waals surface area contributed by atoms with Gasteiger partial charge in [-0.2, -0.15) is 0 Å². The first-order valence-electron chi connectivity index (χ1n) is 6.80. The maximum atomic E-state index is 11.4. The van der Waals surface area contributed by atoms with Crippen LogP contribution in [0.4, 0.5) is 5.69 Å². The van der Waals surface area contributed by atoms with Gasteiger partial charge in [-0.3, -0.25) is 14.8 Å². The lowest BCUT2D eigenvalue weighted by Gasteiger charge is -2.32. The van der Waals surface area contributed by atoms with Crippen LogP contribution in [0, 0.1) is 0 Å². The molecule has 0 unspecified atom stereocenters. The molecule has 3 rings (SSSR count). The zero-order valence-electron chi connectivity index (χ0n) is 11.3. The number of carbonyl (C=O) groups excluding carboxylic acids is 1. The largest absolute Gasteiger partial charge is 0.370 e. The van der Waals surface area contributed by atoms with Crippen molar-refractivity contribution < 1.29 is 4.79 Å². The summed E-state index contributed by atoms with van der Waals surface area (Å²) in [6.07, 6.45) is 6.85. The number of hydrogen-bond donors (Lipinski definition) is 0. The number of Topliss-reactive ketones (excluding diaryl/α,β-unsaturated/α-hetero) is 1. The molecule has 20 heavy (non-hydrogen) atoms. The van der Waals surface area contributed by atoms with E-state index in [0.717, 1.165) is 34.0 Å². The summed E-state index contributed by atoms with van der Waals surface area (Å²) in [7, 11) is 2.08. The molecule has 0 aliphatic heterocycles. The average molecular weight is 334 g/mol. The van der Waals surface area contributed by atoms with Gasteiger partial charge in [0.05, 0.1) is 11.2 Å². The van der Waals surface area contributed by atoms with E-state index in [1.165, 1.54) is 0 Å². The average Bonchev–Trinajstić information content (AvgIpc) is 2.46. The molecule has 1 fully saturated rings. The molecular weight excluding hydrogens is 318 g/mol. The minimum atomic E-state index is 0.385. The topological polar surface area (TPSA) is 46.1 Å². The Morgan fingerprint density at radius 1 is 1.30 bits per heavy atom. The van der Waals surface area contributed by atoms with Crippen molar-refractivity contribution in [3.05, 3.63) is 29.0 Å². The van der Waals surface area contributed by atoms with Crippen LogP contribution in [0.5, 0.6) is 0 Å². The number of rotatable bonds is 2. The van der Waals surface area contributed by atoms with Gasteiger partial charge < -0.3 is 4.90 Å². The summed E-state index contributed by atoms with van der Waals surface area (Å²) >= 11 is 3.42. The van der Waals surface area contributed by atoms with Gasteiger partial charge in [-0.05, 0) is 40.9 Å². The van der Waals surface area contributed by atoms with E-state index in [4.69, 9.17) is 0 Å². The minimum absolute atomic E-state index is 0.385. The van der Waals surface area contributed by atoms with Crippen molar-refractivity contribution in [2.75, 3.05) is 11.9 Å². The third kappa shape index (κ3) is 2.54. The van der Waals surface area contributed by atoms with Gasteiger partial charge in [-0.15, -0.1) is 0 Å². The number of carbonyl (C=O) groups is 1. The zero-order chi connectivity index (χ0) is 14.1. The molecule has 0 radical (unpaired) electrons. The normalized spacial score (nSPS) is 16.6. The number of anilines is 1. The van der Waals surface area contributed by atoms with Gasteiger partial charge in [0.1, 0.15) is 11.3 Å². The van der Waals surface area contributed by atoms with Crippen LogP contribution in [0.25, 0.3) is 11.0 Å². The molecule has 2 heterocycles. The fourth-order valence-corrected chi connectivity index (χ4v) is 3.10. The Balaban J connectivity index is 1.95. The lowest BCUT2D eigenvalue weighted by Crippen LogP contribution is -2.35. The molecule has 0 N–H and O–H groups in total. The standard InChI is InChI=1S/C15H16BrN3O/c1-19(11-2-4-12(20)5-3-11)14-6-7-17-13-8-10(16)9-18-15(13)14/h6-9,11H,2-5H2,1H3. The molecule has 1 aliphatic rings. The van der Waals surface area contributed by atoms with Crippen molar-refractivity contribution in [2.45, 2.75) is 31.7 Å². The van der Waals surface area contributed by atoms with Gasteiger partial charge in [-0.1, -0.05) is 0 Å². The Bertz CT molecular complexity index is 649. The molecular formula is C15H16BrN3O. The van der Waals surface area contributed by atoms with Crippen LogP contribution in [0.1, 0.15) is 25.7 Å². The monoisotopic (exact) mass is 333 g/mol. The lowest BCUT2D eigenvalue weighted by molar-refractivity contribution is -0.120. The molecule has 0 atom stereocenters. The highest BCUT2D eigenvalue weighted by Crippen LogP contribution is 2.29. The first-order chi connectivity index (χ1) is 9.65. The molecule has 0 aromatic carbocycles. The number of ketones is 1. The number of halogens is 1. The lowest BCUT2D eigenvalue weighted by atomic mass is 9.93. The number of fused-ring (bicyclic) bond motifs is 1. The second-order valence-corrected chi connectivity index (χ2v) is 6.15. The first kappa shape index (κ1) is 13.5. The number of pyridine rings is 2. The SMILES string of the molecule is CN(c1ccnc2cc(Br)cnc12)C1CCC(=O)CC1. The van der Waals surface area contributed by atoms with Gasteiger partial charge in [0, 0.05) is 42.8 Å². The second kappa shape index (κ2) is 5.48. The molecule has 2 aromatic rings. The first-order valence-corrected chi connectivity index (χ1v) is 7.59. The Kier molecular flexibility index (Phi) is 3.70. The van der Waals surface area contributed by atoms with Gasteiger partial charge in [-0.25, -0.2) is 0 Å². The molecule has 1 aliphatic carbocycles. The van der Waals surface area contributed by atoms with E-state index in [9.17, 15) is 4.79 Å². The van der Waals surface area contributed by atoms with Gasteiger partial charge in [0.15, 0.2) is 0 Å².